The first-order valence-electron chi connectivity index (χ1n) is 9.99. The fourth-order valence-electron chi connectivity index (χ4n) is 3.97. The molecule has 1 aliphatic rings. The molecule has 152 valence electrons. The van der Waals surface area contributed by atoms with E-state index in [-0.39, 0.29) is 23.6 Å². The van der Waals surface area contributed by atoms with Crippen LogP contribution < -0.4 is 10.2 Å². The van der Waals surface area contributed by atoms with Gasteiger partial charge in [0.05, 0.1) is 11.4 Å². The van der Waals surface area contributed by atoms with E-state index in [1.807, 2.05) is 13.0 Å². The molecule has 0 aliphatic carbocycles. The maximum atomic E-state index is 12.8. The maximum absolute atomic E-state index is 12.8. The zero-order chi connectivity index (χ0) is 20.5. The SMILES string of the molecule is Cc1sc2ncnc(N3CCC(C(=O)NC(C)c4cccc(O)c4)CC3)c2c1C. The molecule has 1 fully saturated rings. The van der Waals surface area contributed by atoms with E-state index >= 15 is 0 Å². The summed E-state index contributed by atoms with van der Waals surface area (Å²) in [6.07, 6.45) is 3.24. The zero-order valence-corrected chi connectivity index (χ0v) is 17.8. The molecule has 3 heterocycles. The number of carbonyl (C=O) groups is 1. The van der Waals surface area contributed by atoms with Crippen molar-refractivity contribution in [3.63, 3.8) is 0 Å². The van der Waals surface area contributed by atoms with Gasteiger partial charge in [-0.1, -0.05) is 12.1 Å². The Morgan fingerprint density at radius 3 is 2.76 bits per heavy atom. The molecule has 1 saturated heterocycles. The minimum Gasteiger partial charge on any atom is -0.508 e. The number of hydrogen-bond donors (Lipinski definition) is 2. The third-order valence-electron chi connectivity index (χ3n) is 5.84. The summed E-state index contributed by atoms with van der Waals surface area (Å²) in [6.45, 7) is 7.80. The number of aryl methyl sites for hydroxylation is 2. The molecule has 4 rings (SSSR count). The number of aromatic nitrogens is 2. The number of rotatable bonds is 4. The maximum Gasteiger partial charge on any atom is 0.223 e. The van der Waals surface area contributed by atoms with E-state index in [9.17, 15) is 9.90 Å². The summed E-state index contributed by atoms with van der Waals surface area (Å²) in [7, 11) is 0. The van der Waals surface area contributed by atoms with Gasteiger partial charge in [-0.2, -0.15) is 0 Å². The highest BCUT2D eigenvalue weighted by molar-refractivity contribution is 7.18. The van der Waals surface area contributed by atoms with Gasteiger partial charge in [0, 0.05) is 23.9 Å². The number of nitrogens with zero attached hydrogens (tertiary/aromatic N) is 3. The lowest BCUT2D eigenvalue weighted by Crippen LogP contribution is -2.41. The van der Waals surface area contributed by atoms with Crippen molar-refractivity contribution in [1.82, 2.24) is 15.3 Å². The Balaban J connectivity index is 1.41. The van der Waals surface area contributed by atoms with E-state index in [0.29, 0.717) is 0 Å². The second kappa shape index (κ2) is 7.99. The van der Waals surface area contributed by atoms with Crippen molar-refractivity contribution in [3.05, 3.63) is 46.6 Å². The Labute approximate surface area is 174 Å². The summed E-state index contributed by atoms with van der Waals surface area (Å²) in [5.41, 5.74) is 2.16. The molecule has 0 bridgehead atoms. The van der Waals surface area contributed by atoms with Crippen LogP contribution in [-0.2, 0) is 4.79 Å². The molecule has 0 radical (unpaired) electrons. The van der Waals surface area contributed by atoms with Crippen LogP contribution in [0.15, 0.2) is 30.6 Å². The molecular formula is C22H26N4O2S. The number of hydrogen-bond acceptors (Lipinski definition) is 6. The molecule has 0 spiro atoms. The quantitative estimate of drug-likeness (QED) is 0.677. The van der Waals surface area contributed by atoms with Gasteiger partial charge in [0.2, 0.25) is 5.91 Å². The lowest BCUT2D eigenvalue weighted by Gasteiger charge is -2.33. The van der Waals surface area contributed by atoms with E-state index in [2.05, 4.69) is 34.0 Å². The number of amides is 1. The minimum absolute atomic E-state index is 0.00588. The molecule has 2 N–H and O–H groups in total. The Morgan fingerprint density at radius 2 is 2.03 bits per heavy atom. The molecule has 0 saturated carbocycles. The predicted octanol–water partition coefficient (Wildman–Crippen LogP) is 4.11. The van der Waals surface area contributed by atoms with Crippen molar-refractivity contribution in [2.24, 2.45) is 5.92 Å². The van der Waals surface area contributed by atoms with Crippen molar-refractivity contribution in [3.8, 4) is 5.75 Å². The molecule has 1 atom stereocenters. The molecule has 2 aromatic heterocycles. The van der Waals surface area contributed by atoms with Gasteiger partial charge in [-0.25, -0.2) is 9.97 Å². The number of nitrogens with one attached hydrogen (secondary N) is 1. The van der Waals surface area contributed by atoms with Crippen molar-refractivity contribution >= 4 is 33.3 Å². The van der Waals surface area contributed by atoms with Crippen molar-refractivity contribution < 1.29 is 9.90 Å². The van der Waals surface area contributed by atoms with Gasteiger partial charge < -0.3 is 15.3 Å². The van der Waals surface area contributed by atoms with Crippen LogP contribution in [0, 0.1) is 19.8 Å². The molecule has 3 aromatic rings. The monoisotopic (exact) mass is 410 g/mol. The summed E-state index contributed by atoms with van der Waals surface area (Å²) < 4.78 is 0. The summed E-state index contributed by atoms with van der Waals surface area (Å²) in [5.74, 6) is 1.28. The summed E-state index contributed by atoms with van der Waals surface area (Å²) in [5, 5.41) is 13.9. The van der Waals surface area contributed by atoms with Crippen LogP contribution in [-0.4, -0.2) is 34.1 Å². The fraction of sp³-hybridized carbons (Fsp3) is 0.409. The van der Waals surface area contributed by atoms with Gasteiger partial charge in [0.1, 0.15) is 22.7 Å². The summed E-state index contributed by atoms with van der Waals surface area (Å²) in [4.78, 5) is 26.4. The molecule has 1 aliphatic heterocycles. The highest BCUT2D eigenvalue weighted by Crippen LogP contribution is 2.35. The number of phenolic OH excluding ortho intramolecular Hbond substituents is 1. The van der Waals surface area contributed by atoms with Crippen molar-refractivity contribution in [2.45, 2.75) is 39.7 Å². The fourth-order valence-corrected chi connectivity index (χ4v) is 4.96. The van der Waals surface area contributed by atoms with Gasteiger partial charge in [-0.05, 0) is 56.9 Å². The average Bonchev–Trinajstić information content (AvgIpc) is 3.02. The lowest BCUT2D eigenvalue weighted by molar-refractivity contribution is -0.126. The number of anilines is 1. The van der Waals surface area contributed by atoms with Crippen LogP contribution in [0.25, 0.3) is 10.2 Å². The normalized spacial score (nSPS) is 16.2. The van der Waals surface area contributed by atoms with Crippen molar-refractivity contribution in [1.29, 1.82) is 0 Å². The Morgan fingerprint density at radius 1 is 1.28 bits per heavy atom. The third-order valence-corrected chi connectivity index (χ3v) is 6.95. The van der Waals surface area contributed by atoms with Gasteiger partial charge in [-0.15, -0.1) is 11.3 Å². The number of benzene rings is 1. The summed E-state index contributed by atoms with van der Waals surface area (Å²) >= 11 is 1.71. The Hall–Kier alpha value is -2.67. The molecule has 6 nitrogen and oxygen atoms in total. The largest absolute Gasteiger partial charge is 0.508 e. The van der Waals surface area contributed by atoms with Gasteiger partial charge in [0.25, 0.3) is 0 Å². The van der Waals surface area contributed by atoms with E-state index < -0.39 is 0 Å². The Kier molecular flexibility index (Phi) is 5.41. The number of piperidine rings is 1. The zero-order valence-electron chi connectivity index (χ0n) is 17.0. The van der Waals surface area contributed by atoms with Gasteiger partial charge in [0.15, 0.2) is 0 Å². The number of carbonyl (C=O) groups excluding carboxylic acids is 1. The first-order valence-corrected chi connectivity index (χ1v) is 10.8. The topological polar surface area (TPSA) is 78.4 Å². The second-order valence-electron chi connectivity index (χ2n) is 7.75. The molecule has 1 amide bonds. The highest BCUT2D eigenvalue weighted by atomic mass is 32.1. The van der Waals surface area contributed by atoms with Crippen LogP contribution in [0.1, 0.15) is 41.8 Å². The highest BCUT2D eigenvalue weighted by Gasteiger charge is 2.28. The summed E-state index contributed by atoms with van der Waals surface area (Å²) in [6, 6.07) is 6.90. The molecule has 1 unspecified atom stereocenters. The number of aromatic hydroxyl groups is 1. The average molecular weight is 411 g/mol. The van der Waals surface area contributed by atoms with Crippen LogP contribution >= 0.6 is 11.3 Å². The predicted molar refractivity (Wildman–Crippen MR) is 116 cm³/mol. The van der Waals surface area contributed by atoms with E-state index in [1.54, 1.807) is 35.9 Å². The standard InChI is InChI=1S/C22H26N4O2S/c1-13-15(3)29-22-19(13)20(23-12-24-22)26-9-7-16(8-10-26)21(28)25-14(2)17-5-4-6-18(27)11-17/h4-6,11-12,14,16,27H,7-10H2,1-3H3,(H,25,28). The number of fused-ring (bicyclic) bond motifs is 1. The van der Waals surface area contributed by atoms with Crippen LogP contribution in [0.2, 0.25) is 0 Å². The second-order valence-corrected chi connectivity index (χ2v) is 8.95. The van der Waals surface area contributed by atoms with E-state index in [0.717, 1.165) is 47.5 Å². The lowest BCUT2D eigenvalue weighted by atomic mass is 9.95. The smallest absolute Gasteiger partial charge is 0.223 e. The van der Waals surface area contributed by atoms with Crippen LogP contribution in [0.3, 0.4) is 0 Å². The van der Waals surface area contributed by atoms with Crippen LogP contribution in [0.4, 0.5) is 5.82 Å². The molecule has 1 aromatic carbocycles. The first kappa shape index (κ1) is 19.6. The van der Waals surface area contributed by atoms with Gasteiger partial charge >= 0.3 is 0 Å². The molecule has 7 heteroatoms. The van der Waals surface area contributed by atoms with E-state index in [4.69, 9.17) is 0 Å². The number of thiophene rings is 1. The van der Waals surface area contributed by atoms with E-state index in [1.165, 1.54) is 10.4 Å². The van der Waals surface area contributed by atoms with Gasteiger partial charge in [-0.3, -0.25) is 4.79 Å². The number of phenols is 1. The van der Waals surface area contributed by atoms with Crippen LogP contribution in [0.5, 0.6) is 5.75 Å². The third kappa shape index (κ3) is 3.92. The Bertz CT molecular complexity index is 1040. The first-order chi connectivity index (χ1) is 13.9. The minimum atomic E-state index is -0.134. The van der Waals surface area contributed by atoms with Crippen molar-refractivity contribution in [2.75, 3.05) is 18.0 Å². The molecule has 29 heavy (non-hydrogen) atoms. The molecular weight excluding hydrogens is 384 g/mol.